The minimum absolute atomic E-state index is 0.133. The zero-order valence-electron chi connectivity index (χ0n) is 14.9. The molecule has 1 atom stereocenters. The molecule has 0 heterocycles. The largest absolute Gasteiger partial charge is 0.394 e. The molecule has 2 rings (SSSR count). The van der Waals surface area contributed by atoms with E-state index in [1.807, 2.05) is 80.1 Å². The van der Waals surface area contributed by atoms with E-state index in [2.05, 4.69) is 27.9 Å². The quantitative estimate of drug-likeness (QED) is 0.386. The summed E-state index contributed by atoms with van der Waals surface area (Å²) in [7, 11) is 3.82. The van der Waals surface area contributed by atoms with Gasteiger partial charge in [-0.25, -0.2) is 0 Å². The standard InChI is InChI=1S/C20H27N5/c1-22-15-5-3-4-6-16-23-25(2)20-13-11-19(12-14-20)24-18-9-7-17(21)8-10-18/h3-5,7,9-17,22,24H,6,8,21H2,1-2H3/b4-3-,15-5-,23-16+. The molecule has 0 aromatic heterocycles. The highest BCUT2D eigenvalue weighted by molar-refractivity contribution is 5.63. The van der Waals surface area contributed by atoms with Gasteiger partial charge in [-0.05, 0) is 49.0 Å². The Kier molecular flexibility index (Phi) is 7.53. The summed E-state index contributed by atoms with van der Waals surface area (Å²) in [5.74, 6) is 0. The average Bonchev–Trinajstić information content (AvgIpc) is 2.63. The number of benzene rings is 1. The Morgan fingerprint density at radius 3 is 2.76 bits per heavy atom. The summed E-state index contributed by atoms with van der Waals surface area (Å²) in [6, 6.07) is 8.32. The van der Waals surface area contributed by atoms with Crippen LogP contribution in [-0.4, -0.2) is 26.4 Å². The maximum atomic E-state index is 5.84. The molecule has 1 unspecified atom stereocenters. The van der Waals surface area contributed by atoms with Crippen molar-refractivity contribution in [2.75, 3.05) is 24.4 Å². The first kappa shape index (κ1) is 18.5. The van der Waals surface area contributed by atoms with Gasteiger partial charge in [0.1, 0.15) is 0 Å². The van der Waals surface area contributed by atoms with Crippen LogP contribution in [0.15, 0.2) is 77.7 Å². The van der Waals surface area contributed by atoms with Crippen LogP contribution in [0, 0.1) is 0 Å². The molecule has 1 aromatic rings. The van der Waals surface area contributed by atoms with Crippen molar-refractivity contribution in [2.45, 2.75) is 18.9 Å². The molecule has 1 aromatic carbocycles. The number of nitrogens with zero attached hydrogens (tertiary/aromatic N) is 2. The van der Waals surface area contributed by atoms with Crippen molar-refractivity contribution in [1.29, 1.82) is 0 Å². The van der Waals surface area contributed by atoms with Crippen molar-refractivity contribution >= 4 is 17.6 Å². The minimum Gasteiger partial charge on any atom is -0.394 e. The normalized spacial score (nSPS) is 17.4. The molecule has 0 radical (unpaired) electrons. The molecular weight excluding hydrogens is 310 g/mol. The van der Waals surface area contributed by atoms with E-state index >= 15 is 0 Å². The van der Waals surface area contributed by atoms with Crippen LogP contribution < -0.4 is 21.4 Å². The van der Waals surface area contributed by atoms with E-state index in [-0.39, 0.29) is 6.04 Å². The minimum atomic E-state index is 0.133. The van der Waals surface area contributed by atoms with Gasteiger partial charge in [0, 0.05) is 44.2 Å². The molecule has 1 aliphatic rings. The van der Waals surface area contributed by atoms with Gasteiger partial charge in [0.05, 0.1) is 5.69 Å². The van der Waals surface area contributed by atoms with Crippen LogP contribution >= 0.6 is 0 Å². The summed E-state index contributed by atoms with van der Waals surface area (Å²) in [6.07, 6.45) is 17.6. The third kappa shape index (κ3) is 6.69. The fraction of sp³-hybridized carbons (Fsp3) is 0.250. The first-order valence-electron chi connectivity index (χ1n) is 8.45. The molecule has 0 saturated carbocycles. The molecule has 5 heteroatoms. The predicted molar refractivity (Wildman–Crippen MR) is 109 cm³/mol. The fourth-order valence-corrected chi connectivity index (χ4v) is 2.26. The number of rotatable bonds is 8. The molecule has 0 amide bonds. The second kappa shape index (κ2) is 10.2. The maximum absolute atomic E-state index is 5.84. The molecule has 0 fully saturated rings. The zero-order valence-corrected chi connectivity index (χ0v) is 14.9. The highest BCUT2D eigenvalue weighted by atomic mass is 15.4. The lowest BCUT2D eigenvalue weighted by Crippen LogP contribution is -2.18. The van der Waals surface area contributed by atoms with Gasteiger partial charge in [0.15, 0.2) is 0 Å². The molecule has 25 heavy (non-hydrogen) atoms. The van der Waals surface area contributed by atoms with Gasteiger partial charge in [-0.1, -0.05) is 24.3 Å². The smallest absolute Gasteiger partial charge is 0.0591 e. The molecular formula is C20H27N5. The van der Waals surface area contributed by atoms with E-state index in [4.69, 9.17) is 5.73 Å². The van der Waals surface area contributed by atoms with Crippen LogP contribution in [0.3, 0.4) is 0 Å². The summed E-state index contributed by atoms with van der Waals surface area (Å²) in [4.78, 5) is 0. The van der Waals surface area contributed by atoms with Crippen LogP contribution in [0.2, 0.25) is 0 Å². The molecule has 5 nitrogen and oxygen atoms in total. The summed E-state index contributed by atoms with van der Waals surface area (Å²) in [6.45, 7) is 0. The Morgan fingerprint density at radius 1 is 1.28 bits per heavy atom. The summed E-state index contributed by atoms with van der Waals surface area (Å²) >= 11 is 0. The maximum Gasteiger partial charge on any atom is 0.0591 e. The molecule has 0 saturated heterocycles. The first-order chi connectivity index (χ1) is 12.2. The predicted octanol–water partition coefficient (Wildman–Crippen LogP) is 3.37. The third-order valence-corrected chi connectivity index (χ3v) is 3.67. The van der Waals surface area contributed by atoms with E-state index < -0.39 is 0 Å². The van der Waals surface area contributed by atoms with E-state index in [0.717, 1.165) is 29.9 Å². The van der Waals surface area contributed by atoms with E-state index in [9.17, 15) is 0 Å². The number of allylic oxidation sites excluding steroid dienone is 4. The van der Waals surface area contributed by atoms with E-state index in [1.165, 1.54) is 0 Å². The number of nitrogens with one attached hydrogen (secondary N) is 2. The van der Waals surface area contributed by atoms with Crippen LogP contribution in [0.5, 0.6) is 0 Å². The molecule has 1 aliphatic carbocycles. The van der Waals surface area contributed by atoms with Gasteiger partial charge >= 0.3 is 0 Å². The summed E-state index contributed by atoms with van der Waals surface area (Å²) in [5.41, 5.74) is 9.00. The zero-order chi connectivity index (χ0) is 17.9. The van der Waals surface area contributed by atoms with Crippen molar-refractivity contribution in [3.8, 4) is 0 Å². The number of nitrogens with two attached hydrogens (primary N) is 1. The number of hydrogen-bond donors (Lipinski definition) is 3. The average molecular weight is 337 g/mol. The van der Waals surface area contributed by atoms with Crippen molar-refractivity contribution in [3.63, 3.8) is 0 Å². The number of hydrazone groups is 1. The van der Waals surface area contributed by atoms with E-state index in [1.54, 1.807) is 0 Å². The number of hydrogen-bond acceptors (Lipinski definition) is 5. The van der Waals surface area contributed by atoms with Gasteiger partial charge in [-0.2, -0.15) is 5.10 Å². The lowest BCUT2D eigenvalue weighted by molar-refractivity contribution is 0.819. The van der Waals surface area contributed by atoms with Crippen molar-refractivity contribution in [1.82, 2.24) is 5.32 Å². The Morgan fingerprint density at radius 2 is 2.08 bits per heavy atom. The topological polar surface area (TPSA) is 65.7 Å². The van der Waals surface area contributed by atoms with Crippen LogP contribution in [0.1, 0.15) is 12.8 Å². The second-order valence-electron chi connectivity index (χ2n) is 5.72. The Labute approximate surface area is 150 Å². The Bertz CT molecular complexity index is 668. The van der Waals surface area contributed by atoms with Gasteiger partial charge in [0.2, 0.25) is 0 Å². The highest BCUT2D eigenvalue weighted by Crippen LogP contribution is 2.19. The molecule has 4 N–H and O–H groups in total. The molecule has 0 aliphatic heterocycles. The van der Waals surface area contributed by atoms with Crippen LogP contribution in [-0.2, 0) is 0 Å². The van der Waals surface area contributed by atoms with Gasteiger partial charge < -0.3 is 16.4 Å². The Hall–Kier alpha value is -2.79. The number of anilines is 2. The first-order valence-corrected chi connectivity index (χ1v) is 8.45. The van der Waals surface area contributed by atoms with Gasteiger partial charge in [0.25, 0.3) is 0 Å². The molecule has 0 spiro atoms. The summed E-state index contributed by atoms with van der Waals surface area (Å²) in [5, 5.41) is 12.6. The van der Waals surface area contributed by atoms with Crippen molar-refractivity contribution in [2.24, 2.45) is 10.8 Å². The van der Waals surface area contributed by atoms with Crippen LogP contribution in [0.25, 0.3) is 0 Å². The SMILES string of the molecule is CN/C=C\C=C/C/C=N/N(C)c1ccc(NC2=CCC(N)C=C2)cc1. The van der Waals surface area contributed by atoms with Gasteiger partial charge in [-0.3, -0.25) is 5.01 Å². The van der Waals surface area contributed by atoms with E-state index in [0.29, 0.717) is 0 Å². The van der Waals surface area contributed by atoms with Crippen LogP contribution in [0.4, 0.5) is 11.4 Å². The highest BCUT2D eigenvalue weighted by Gasteiger charge is 2.04. The fourth-order valence-electron chi connectivity index (χ4n) is 2.26. The Balaban J connectivity index is 1.83. The third-order valence-electron chi connectivity index (χ3n) is 3.67. The van der Waals surface area contributed by atoms with Crippen molar-refractivity contribution in [3.05, 3.63) is 72.6 Å². The molecule has 132 valence electrons. The second-order valence-corrected chi connectivity index (χ2v) is 5.72. The molecule has 0 bridgehead atoms. The van der Waals surface area contributed by atoms with Crippen molar-refractivity contribution < 1.29 is 0 Å². The lowest BCUT2D eigenvalue weighted by atomic mass is 10.1. The lowest BCUT2D eigenvalue weighted by Gasteiger charge is -2.16. The summed E-state index contributed by atoms with van der Waals surface area (Å²) < 4.78 is 0. The van der Waals surface area contributed by atoms with Gasteiger partial charge in [-0.15, -0.1) is 0 Å². The monoisotopic (exact) mass is 337 g/mol.